The van der Waals surface area contributed by atoms with Gasteiger partial charge in [0.05, 0.1) is 11.9 Å². The first-order valence-corrected chi connectivity index (χ1v) is 5.65. The molecule has 0 aliphatic rings. The van der Waals surface area contributed by atoms with Crippen molar-refractivity contribution in [3.63, 3.8) is 0 Å². The van der Waals surface area contributed by atoms with Crippen LogP contribution in [0.25, 0.3) is 5.69 Å². The lowest BCUT2D eigenvalue weighted by atomic mass is 10.3. The van der Waals surface area contributed by atoms with Gasteiger partial charge < -0.3 is 0 Å². The molecular weight excluding hydrogens is 228 g/mol. The predicted molar refractivity (Wildman–Crippen MR) is 65.2 cm³/mol. The van der Waals surface area contributed by atoms with Crippen molar-refractivity contribution in [2.75, 3.05) is 0 Å². The number of rotatable bonds is 3. The Morgan fingerprint density at radius 2 is 2.00 bits per heavy atom. The summed E-state index contributed by atoms with van der Waals surface area (Å²) in [6.07, 6.45) is 3.78. The van der Waals surface area contributed by atoms with E-state index in [0.717, 1.165) is 17.1 Å². The van der Waals surface area contributed by atoms with Gasteiger partial charge in [0.2, 0.25) is 0 Å². The smallest absolute Gasteiger partial charge is 0.178 e. The summed E-state index contributed by atoms with van der Waals surface area (Å²) in [4.78, 5) is 0. The van der Waals surface area contributed by atoms with Crippen LogP contribution in [0.1, 0.15) is 11.4 Å². The van der Waals surface area contributed by atoms with E-state index in [9.17, 15) is 0 Å². The first kappa shape index (κ1) is 10.6. The van der Waals surface area contributed by atoms with Crippen LogP contribution < -0.4 is 0 Å². The van der Waals surface area contributed by atoms with Crippen LogP contribution in [0, 0.1) is 6.92 Å². The summed E-state index contributed by atoms with van der Waals surface area (Å²) in [5, 5.41) is 16.0. The maximum absolute atomic E-state index is 4.23. The number of tetrazole rings is 1. The lowest BCUT2D eigenvalue weighted by molar-refractivity contribution is 0.634. The Balaban J connectivity index is 1.93. The Kier molecular flexibility index (Phi) is 2.60. The molecule has 0 amide bonds. The third-order valence-corrected chi connectivity index (χ3v) is 2.60. The van der Waals surface area contributed by atoms with E-state index in [1.807, 2.05) is 54.3 Å². The van der Waals surface area contributed by atoms with Gasteiger partial charge in [-0.1, -0.05) is 18.2 Å². The van der Waals surface area contributed by atoms with E-state index in [1.165, 1.54) is 0 Å². The molecule has 0 unspecified atom stereocenters. The zero-order chi connectivity index (χ0) is 12.4. The summed E-state index contributed by atoms with van der Waals surface area (Å²) in [6, 6.07) is 9.81. The van der Waals surface area contributed by atoms with Crippen LogP contribution in [-0.2, 0) is 6.54 Å². The quantitative estimate of drug-likeness (QED) is 0.690. The summed E-state index contributed by atoms with van der Waals surface area (Å²) in [5.74, 6) is 0.754. The molecule has 0 radical (unpaired) electrons. The standard InChI is InChI=1S/C12H12N6/c1-10-7-13-17(8-10)9-12-14-15-16-18(12)11-5-3-2-4-6-11/h2-8H,9H2,1H3. The van der Waals surface area contributed by atoms with Gasteiger partial charge in [-0.25, -0.2) is 0 Å². The zero-order valence-corrected chi connectivity index (χ0v) is 9.93. The Hall–Kier alpha value is -2.50. The van der Waals surface area contributed by atoms with E-state index in [1.54, 1.807) is 4.68 Å². The van der Waals surface area contributed by atoms with Crippen LogP contribution in [0.15, 0.2) is 42.7 Å². The fraction of sp³-hybridized carbons (Fsp3) is 0.167. The maximum Gasteiger partial charge on any atom is 0.178 e. The first-order chi connectivity index (χ1) is 8.83. The molecule has 0 atom stereocenters. The van der Waals surface area contributed by atoms with Crippen molar-refractivity contribution in [1.29, 1.82) is 0 Å². The van der Waals surface area contributed by atoms with E-state index >= 15 is 0 Å². The number of hydrogen-bond acceptors (Lipinski definition) is 4. The van der Waals surface area contributed by atoms with Crippen molar-refractivity contribution >= 4 is 0 Å². The highest BCUT2D eigenvalue weighted by atomic mass is 15.5. The molecule has 0 bridgehead atoms. The van der Waals surface area contributed by atoms with E-state index in [2.05, 4.69) is 20.6 Å². The number of para-hydroxylation sites is 1. The second-order valence-corrected chi connectivity index (χ2v) is 4.06. The van der Waals surface area contributed by atoms with Crippen LogP contribution >= 0.6 is 0 Å². The van der Waals surface area contributed by atoms with Crippen LogP contribution in [0.4, 0.5) is 0 Å². The van der Waals surface area contributed by atoms with E-state index in [4.69, 9.17) is 0 Å². The molecule has 0 aliphatic carbocycles. The van der Waals surface area contributed by atoms with Crippen molar-refractivity contribution in [3.05, 3.63) is 54.1 Å². The van der Waals surface area contributed by atoms with E-state index < -0.39 is 0 Å². The number of nitrogens with zero attached hydrogens (tertiary/aromatic N) is 6. The van der Waals surface area contributed by atoms with Crippen molar-refractivity contribution in [2.24, 2.45) is 0 Å². The molecule has 0 spiro atoms. The molecule has 3 aromatic rings. The van der Waals surface area contributed by atoms with Gasteiger partial charge in [0.15, 0.2) is 5.82 Å². The van der Waals surface area contributed by atoms with Gasteiger partial charge in [-0.2, -0.15) is 9.78 Å². The fourth-order valence-corrected chi connectivity index (χ4v) is 1.77. The molecule has 2 heterocycles. The Morgan fingerprint density at radius 3 is 2.72 bits per heavy atom. The Labute approximate surface area is 104 Å². The molecule has 0 saturated carbocycles. The molecule has 0 aliphatic heterocycles. The fourth-order valence-electron chi connectivity index (χ4n) is 1.77. The van der Waals surface area contributed by atoms with E-state index in [0.29, 0.717) is 6.54 Å². The molecule has 6 nitrogen and oxygen atoms in total. The minimum Gasteiger partial charge on any atom is -0.265 e. The lowest BCUT2D eigenvalue weighted by Crippen LogP contribution is -2.08. The highest BCUT2D eigenvalue weighted by molar-refractivity contribution is 5.30. The monoisotopic (exact) mass is 240 g/mol. The number of hydrogen-bond donors (Lipinski definition) is 0. The van der Waals surface area contributed by atoms with Crippen molar-refractivity contribution in [1.82, 2.24) is 30.0 Å². The second kappa shape index (κ2) is 4.40. The van der Waals surface area contributed by atoms with Gasteiger partial charge in [-0.05, 0) is 35.0 Å². The van der Waals surface area contributed by atoms with Gasteiger partial charge in [0.25, 0.3) is 0 Å². The summed E-state index contributed by atoms with van der Waals surface area (Å²) in [6.45, 7) is 2.55. The molecule has 0 fully saturated rings. The first-order valence-electron chi connectivity index (χ1n) is 5.65. The summed E-state index contributed by atoms with van der Waals surface area (Å²) in [5.41, 5.74) is 2.06. The summed E-state index contributed by atoms with van der Waals surface area (Å²) < 4.78 is 3.54. The van der Waals surface area contributed by atoms with Gasteiger partial charge in [-0.15, -0.1) is 5.10 Å². The molecule has 6 heteroatoms. The predicted octanol–water partition coefficient (Wildman–Crippen LogP) is 1.22. The average Bonchev–Trinajstić information content (AvgIpc) is 3.00. The average molecular weight is 240 g/mol. The normalized spacial score (nSPS) is 10.7. The largest absolute Gasteiger partial charge is 0.265 e. The van der Waals surface area contributed by atoms with Crippen LogP contribution in [0.2, 0.25) is 0 Å². The molecular formula is C12H12N6. The molecule has 90 valence electrons. The highest BCUT2D eigenvalue weighted by Gasteiger charge is 2.08. The topological polar surface area (TPSA) is 61.4 Å². The van der Waals surface area contributed by atoms with Crippen molar-refractivity contribution < 1.29 is 0 Å². The summed E-state index contributed by atoms with van der Waals surface area (Å²) >= 11 is 0. The number of aromatic nitrogens is 6. The van der Waals surface area contributed by atoms with Crippen LogP contribution in [0.3, 0.4) is 0 Å². The SMILES string of the molecule is Cc1cnn(Cc2nnnn2-c2ccccc2)c1. The molecule has 2 aromatic heterocycles. The molecule has 3 rings (SSSR count). The molecule has 18 heavy (non-hydrogen) atoms. The summed E-state index contributed by atoms with van der Waals surface area (Å²) in [7, 11) is 0. The molecule has 0 saturated heterocycles. The zero-order valence-electron chi connectivity index (χ0n) is 9.93. The minimum atomic E-state index is 0.551. The number of aryl methyl sites for hydroxylation is 1. The number of benzene rings is 1. The molecule has 0 N–H and O–H groups in total. The van der Waals surface area contributed by atoms with Crippen LogP contribution in [0.5, 0.6) is 0 Å². The second-order valence-electron chi connectivity index (χ2n) is 4.06. The third kappa shape index (κ3) is 2.00. The Morgan fingerprint density at radius 1 is 1.17 bits per heavy atom. The lowest BCUT2D eigenvalue weighted by Gasteiger charge is -2.04. The minimum absolute atomic E-state index is 0.551. The molecule has 1 aromatic carbocycles. The van der Waals surface area contributed by atoms with Crippen molar-refractivity contribution in [2.45, 2.75) is 13.5 Å². The van der Waals surface area contributed by atoms with Crippen molar-refractivity contribution in [3.8, 4) is 5.69 Å². The third-order valence-electron chi connectivity index (χ3n) is 2.60. The van der Waals surface area contributed by atoms with Gasteiger partial charge >= 0.3 is 0 Å². The van der Waals surface area contributed by atoms with Crippen LogP contribution in [-0.4, -0.2) is 30.0 Å². The van der Waals surface area contributed by atoms with Gasteiger partial charge in [-0.3, -0.25) is 4.68 Å². The van der Waals surface area contributed by atoms with E-state index in [-0.39, 0.29) is 0 Å². The Bertz CT molecular complexity index is 639. The van der Waals surface area contributed by atoms with Gasteiger partial charge in [0.1, 0.15) is 6.54 Å². The highest BCUT2D eigenvalue weighted by Crippen LogP contribution is 2.08. The van der Waals surface area contributed by atoms with Gasteiger partial charge in [0, 0.05) is 6.20 Å². The maximum atomic E-state index is 4.23.